The Morgan fingerprint density at radius 2 is 2.10 bits per heavy atom. The van der Waals surface area contributed by atoms with Gasteiger partial charge in [0.25, 0.3) is 0 Å². The summed E-state index contributed by atoms with van der Waals surface area (Å²) in [6.45, 7) is 3.28. The van der Waals surface area contributed by atoms with Crippen molar-refractivity contribution in [3.05, 3.63) is 23.2 Å². The first-order valence-corrected chi connectivity index (χ1v) is 8.63. The molecule has 0 spiro atoms. The maximum atomic E-state index is 11.4. The first-order chi connectivity index (χ1) is 9.77. The number of furan rings is 1. The molecule has 0 amide bonds. The van der Waals surface area contributed by atoms with E-state index in [4.69, 9.17) is 9.52 Å². The van der Waals surface area contributed by atoms with E-state index in [1.165, 1.54) is 16.6 Å². The molecule has 0 radical (unpaired) electrons. The van der Waals surface area contributed by atoms with Crippen LogP contribution in [0, 0.1) is 6.92 Å². The predicted molar refractivity (Wildman–Crippen MR) is 76.7 cm³/mol. The van der Waals surface area contributed by atoms with E-state index in [0.717, 1.165) is 18.4 Å². The predicted octanol–water partition coefficient (Wildman–Crippen LogP) is 0.800. The highest BCUT2D eigenvalue weighted by Gasteiger charge is 2.24. The largest absolute Gasteiger partial charge is 0.475 e. The van der Waals surface area contributed by atoms with Crippen LogP contribution in [0.15, 0.2) is 10.5 Å². The van der Waals surface area contributed by atoms with Crippen LogP contribution in [0.5, 0.6) is 0 Å². The molecular formula is C13H20N2O5S. The number of sulfonamides is 1. The van der Waals surface area contributed by atoms with E-state index in [1.54, 1.807) is 6.92 Å². The third kappa shape index (κ3) is 4.05. The zero-order chi connectivity index (χ0) is 15.6. The van der Waals surface area contributed by atoms with Gasteiger partial charge in [-0.15, -0.1) is 0 Å². The van der Waals surface area contributed by atoms with Crippen LogP contribution in [0.2, 0.25) is 0 Å². The minimum Gasteiger partial charge on any atom is -0.475 e. The first kappa shape index (κ1) is 16.0. The summed E-state index contributed by atoms with van der Waals surface area (Å²) in [7, 11) is -3.10. The molecule has 0 atom stereocenters. The van der Waals surface area contributed by atoms with Gasteiger partial charge >= 0.3 is 5.97 Å². The van der Waals surface area contributed by atoms with Crippen LogP contribution in [0.4, 0.5) is 0 Å². The number of aromatic carboxylic acids is 1. The van der Waals surface area contributed by atoms with Crippen molar-refractivity contribution < 1.29 is 22.7 Å². The highest BCUT2D eigenvalue weighted by molar-refractivity contribution is 7.88. The molecule has 8 heteroatoms. The number of rotatable bonds is 5. The van der Waals surface area contributed by atoms with Crippen molar-refractivity contribution in [2.45, 2.75) is 32.4 Å². The lowest BCUT2D eigenvalue weighted by Gasteiger charge is -2.30. The Labute approximate surface area is 124 Å². The van der Waals surface area contributed by atoms with Gasteiger partial charge in [0.2, 0.25) is 15.8 Å². The van der Waals surface area contributed by atoms with Gasteiger partial charge in [0, 0.05) is 31.2 Å². The molecule has 118 valence electrons. The minimum atomic E-state index is -3.10. The summed E-state index contributed by atoms with van der Waals surface area (Å²) in [5, 5.41) is 12.2. The van der Waals surface area contributed by atoms with E-state index >= 15 is 0 Å². The second kappa shape index (κ2) is 6.17. The third-order valence-corrected chi connectivity index (χ3v) is 5.04. The summed E-state index contributed by atoms with van der Waals surface area (Å²) in [6.07, 6.45) is 2.72. The molecule has 1 aliphatic heterocycles. The van der Waals surface area contributed by atoms with Gasteiger partial charge in [0.15, 0.2) is 0 Å². The van der Waals surface area contributed by atoms with E-state index in [2.05, 4.69) is 5.32 Å². The van der Waals surface area contributed by atoms with Crippen LogP contribution in [-0.2, 0) is 16.6 Å². The molecule has 0 aromatic carbocycles. The Balaban J connectivity index is 1.86. The lowest BCUT2D eigenvalue weighted by molar-refractivity contribution is 0.0661. The highest BCUT2D eigenvalue weighted by Crippen LogP contribution is 2.17. The fourth-order valence-electron chi connectivity index (χ4n) is 2.45. The highest BCUT2D eigenvalue weighted by atomic mass is 32.2. The van der Waals surface area contributed by atoms with Gasteiger partial charge in [-0.1, -0.05) is 0 Å². The molecule has 0 unspecified atom stereocenters. The van der Waals surface area contributed by atoms with Crippen molar-refractivity contribution >= 4 is 16.0 Å². The summed E-state index contributed by atoms with van der Waals surface area (Å²) in [5.74, 6) is -0.546. The molecule has 21 heavy (non-hydrogen) atoms. The fourth-order valence-corrected chi connectivity index (χ4v) is 3.32. The molecule has 0 bridgehead atoms. The smallest absolute Gasteiger partial charge is 0.371 e. The molecule has 1 aromatic rings. The van der Waals surface area contributed by atoms with Crippen molar-refractivity contribution in [1.29, 1.82) is 0 Å². The molecule has 2 N–H and O–H groups in total. The topological polar surface area (TPSA) is 99.8 Å². The van der Waals surface area contributed by atoms with E-state index in [1.807, 2.05) is 0 Å². The number of carbonyl (C=O) groups is 1. The van der Waals surface area contributed by atoms with Gasteiger partial charge in [-0.2, -0.15) is 0 Å². The van der Waals surface area contributed by atoms with E-state index in [9.17, 15) is 13.2 Å². The Morgan fingerprint density at radius 3 is 2.57 bits per heavy atom. The van der Waals surface area contributed by atoms with Crippen molar-refractivity contribution in [2.75, 3.05) is 19.3 Å². The fraction of sp³-hybridized carbons (Fsp3) is 0.615. The average Bonchev–Trinajstić information content (AvgIpc) is 2.77. The number of carboxylic acids is 1. The second-order valence-electron chi connectivity index (χ2n) is 5.31. The summed E-state index contributed by atoms with van der Waals surface area (Å²) in [4.78, 5) is 10.8. The van der Waals surface area contributed by atoms with Gasteiger partial charge < -0.3 is 14.8 Å². The number of nitrogens with one attached hydrogen (secondary N) is 1. The monoisotopic (exact) mass is 316 g/mol. The van der Waals surface area contributed by atoms with E-state index in [-0.39, 0.29) is 11.8 Å². The normalized spacial score (nSPS) is 18.0. The Hall–Kier alpha value is -1.38. The first-order valence-electron chi connectivity index (χ1n) is 6.78. The zero-order valence-corrected chi connectivity index (χ0v) is 12.9. The molecule has 2 rings (SSSR count). The summed E-state index contributed by atoms with van der Waals surface area (Å²) < 4.78 is 29.5. The molecule has 1 aromatic heterocycles. The second-order valence-corrected chi connectivity index (χ2v) is 7.30. The van der Waals surface area contributed by atoms with E-state index < -0.39 is 16.0 Å². The van der Waals surface area contributed by atoms with Crippen LogP contribution in [0.25, 0.3) is 0 Å². The Kier molecular flexibility index (Phi) is 4.70. The maximum absolute atomic E-state index is 11.4. The standard InChI is InChI=1S/C13H20N2O5S/c1-9-10(7-12(20-9)13(16)17)8-14-11-3-5-15(6-4-11)21(2,18)19/h7,11,14H,3-6,8H2,1-2H3,(H,16,17). The summed E-state index contributed by atoms with van der Waals surface area (Å²) >= 11 is 0. The van der Waals surface area contributed by atoms with Gasteiger partial charge in [-0.3, -0.25) is 0 Å². The van der Waals surface area contributed by atoms with Crippen LogP contribution < -0.4 is 5.32 Å². The maximum Gasteiger partial charge on any atom is 0.371 e. The molecule has 2 heterocycles. The van der Waals surface area contributed by atoms with Crippen LogP contribution in [-0.4, -0.2) is 49.2 Å². The van der Waals surface area contributed by atoms with Crippen molar-refractivity contribution in [2.24, 2.45) is 0 Å². The number of carboxylic acid groups (broad SMARTS) is 1. The third-order valence-electron chi connectivity index (χ3n) is 3.74. The Bertz CT molecular complexity index is 615. The molecule has 7 nitrogen and oxygen atoms in total. The summed E-state index contributed by atoms with van der Waals surface area (Å²) in [6, 6.07) is 1.75. The number of hydrogen-bond donors (Lipinski definition) is 2. The summed E-state index contributed by atoms with van der Waals surface area (Å²) in [5.41, 5.74) is 0.818. The van der Waals surface area contributed by atoms with Crippen molar-refractivity contribution in [3.8, 4) is 0 Å². The molecule has 1 aliphatic rings. The van der Waals surface area contributed by atoms with E-state index in [0.29, 0.717) is 25.4 Å². The van der Waals surface area contributed by atoms with Gasteiger partial charge in [0.05, 0.1) is 6.26 Å². The quantitative estimate of drug-likeness (QED) is 0.833. The SMILES string of the molecule is Cc1oc(C(=O)O)cc1CNC1CCN(S(C)(=O)=O)CC1. The van der Waals surface area contributed by atoms with Crippen molar-refractivity contribution in [3.63, 3.8) is 0 Å². The zero-order valence-electron chi connectivity index (χ0n) is 12.1. The molecular weight excluding hydrogens is 296 g/mol. The minimum absolute atomic E-state index is 0.0591. The lowest BCUT2D eigenvalue weighted by Crippen LogP contribution is -2.44. The lowest BCUT2D eigenvalue weighted by atomic mass is 10.1. The van der Waals surface area contributed by atoms with Crippen LogP contribution >= 0.6 is 0 Å². The average molecular weight is 316 g/mol. The number of piperidine rings is 1. The number of hydrogen-bond acceptors (Lipinski definition) is 5. The number of nitrogens with zero attached hydrogens (tertiary/aromatic N) is 1. The molecule has 1 saturated heterocycles. The van der Waals surface area contributed by atoms with Gasteiger partial charge in [-0.05, 0) is 25.8 Å². The van der Waals surface area contributed by atoms with Crippen molar-refractivity contribution in [1.82, 2.24) is 9.62 Å². The molecule has 0 saturated carbocycles. The van der Waals surface area contributed by atoms with Gasteiger partial charge in [-0.25, -0.2) is 17.5 Å². The Morgan fingerprint density at radius 1 is 1.48 bits per heavy atom. The molecule has 1 fully saturated rings. The van der Waals surface area contributed by atoms with Crippen LogP contribution in [0.1, 0.15) is 34.7 Å². The van der Waals surface area contributed by atoms with Crippen LogP contribution in [0.3, 0.4) is 0 Å². The molecule has 0 aliphatic carbocycles. The van der Waals surface area contributed by atoms with Gasteiger partial charge in [0.1, 0.15) is 5.76 Å². The number of aryl methyl sites for hydroxylation is 1.